The van der Waals surface area contributed by atoms with Gasteiger partial charge >= 0.3 is 5.97 Å². The van der Waals surface area contributed by atoms with Crippen molar-refractivity contribution < 1.29 is 14.3 Å². The number of hydrogen-bond donors (Lipinski definition) is 0. The van der Waals surface area contributed by atoms with Crippen LogP contribution in [0.1, 0.15) is 28.8 Å². The summed E-state index contributed by atoms with van der Waals surface area (Å²) in [7, 11) is 1.34. The quantitative estimate of drug-likeness (QED) is 0.588. The highest BCUT2D eigenvalue weighted by Crippen LogP contribution is 2.30. The molecule has 2 rings (SSSR count). The molecule has 0 N–H and O–H groups in total. The SMILES string of the molecule is C#Cc1cc(OCC2CC2)cc(C(=O)OC)c1. The lowest BCUT2D eigenvalue weighted by atomic mass is 10.1. The molecule has 0 aromatic heterocycles. The van der Waals surface area contributed by atoms with Crippen LogP contribution in [0.5, 0.6) is 5.75 Å². The molecule has 1 saturated carbocycles. The van der Waals surface area contributed by atoms with Crippen molar-refractivity contribution in [1.82, 2.24) is 0 Å². The molecular weight excluding hydrogens is 216 g/mol. The Labute approximate surface area is 101 Å². The minimum Gasteiger partial charge on any atom is -0.493 e. The van der Waals surface area contributed by atoms with Crippen LogP contribution in [0.4, 0.5) is 0 Å². The second-order valence-electron chi connectivity index (χ2n) is 4.14. The van der Waals surface area contributed by atoms with Gasteiger partial charge in [-0.3, -0.25) is 0 Å². The molecule has 1 aliphatic rings. The molecule has 0 amide bonds. The van der Waals surface area contributed by atoms with Gasteiger partial charge in [0.2, 0.25) is 0 Å². The van der Waals surface area contributed by atoms with Gasteiger partial charge in [-0.25, -0.2) is 4.79 Å². The Hall–Kier alpha value is -1.95. The van der Waals surface area contributed by atoms with Crippen molar-refractivity contribution in [1.29, 1.82) is 0 Å². The highest BCUT2D eigenvalue weighted by molar-refractivity contribution is 5.90. The second kappa shape index (κ2) is 4.92. The number of hydrogen-bond acceptors (Lipinski definition) is 3. The van der Waals surface area contributed by atoms with E-state index in [2.05, 4.69) is 10.7 Å². The number of rotatable bonds is 4. The number of terminal acetylenes is 1. The van der Waals surface area contributed by atoms with Crippen molar-refractivity contribution in [3.8, 4) is 18.1 Å². The highest BCUT2D eigenvalue weighted by atomic mass is 16.5. The molecule has 0 spiro atoms. The maximum absolute atomic E-state index is 11.4. The lowest BCUT2D eigenvalue weighted by molar-refractivity contribution is 0.0600. The molecule has 3 nitrogen and oxygen atoms in total. The Kier molecular flexibility index (Phi) is 3.34. The van der Waals surface area contributed by atoms with E-state index in [0.29, 0.717) is 29.4 Å². The minimum absolute atomic E-state index is 0.404. The minimum atomic E-state index is -0.404. The Morgan fingerprint density at radius 3 is 2.82 bits per heavy atom. The van der Waals surface area contributed by atoms with Crippen molar-refractivity contribution in [2.75, 3.05) is 13.7 Å². The van der Waals surface area contributed by atoms with Gasteiger partial charge in [0, 0.05) is 5.56 Å². The van der Waals surface area contributed by atoms with Gasteiger partial charge in [0.25, 0.3) is 0 Å². The largest absolute Gasteiger partial charge is 0.493 e. The first-order valence-electron chi connectivity index (χ1n) is 5.55. The third kappa shape index (κ3) is 3.01. The van der Waals surface area contributed by atoms with E-state index in [9.17, 15) is 4.79 Å². The van der Waals surface area contributed by atoms with Crippen LogP contribution in [0.2, 0.25) is 0 Å². The first-order valence-corrected chi connectivity index (χ1v) is 5.55. The van der Waals surface area contributed by atoms with Crippen molar-refractivity contribution >= 4 is 5.97 Å². The van der Waals surface area contributed by atoms with Gasteiger partial charge in [-0.2, -0.15) is 0 Å². The number of carbonyl (C=O) groups is 1. The summed E-state index contributed by atoms with van der Waals surface area (Å²) >= 11 is 0. The van der Waals surface area contributed by atoms with Crippen LogP contribution in [0, 0.1) is 18.3 Å². The summed E-state index contributed by atoms with van der Waals surface area (Å²) in [6.07, 6.45) is 7.78. The van der Waals surface area contributed by atoms with E-state index >= 15 is 0 Å². The number of benzene rings is 1. The fraction of sp³-hybridized carbons (Fsp3) is 0.357. The first kappa shape index (κ1) is 11.5. The summed E-state index contributed by atoms with van der Waals surface area (Å²) in [6, 6.07) is 5.04. The molecule has 1 aromatic carbocycles. The van der Waals surface area contributed by atoms with Crippen LogP contribution in [0.3, 0.4) is 0 Å². The molecule has 3 heteroatoms. The van der Waals surface area contributed by atoms with Gasteiger partial charge in [0.15, 0.2) is 0 Å². The lowest BCUT2D eigenvalue weighted by Crippen LogP contribution is -2.04. The van der Waals surface area contributed by atoms with E-state index in [-0.39, 0.29) is 0 Å². The van der Waals surface area contributed by atoms with E-state index in [1.54, 1.807) is 18.2 Å². The predicted octanol–water partition coefficient (Wildman–Crippen LogP) is 2.24. The zero-order chi connectivity index (χ0) is 12.3. The molecule has 17 heavy (non-hydrogen) atoms. The van der Waals surface area contributed by atoms with Gasteiger partial charge in [0.05, 0.1) is 19.3 Å². The van der Waals surface area contributed by atoms with Crippen molar-refractivity contribution in [2.45, 2.75) is 12.8 Å². The zero-order valence-electron chi connectivity index (χ0n) is 9.73. The van der Waals surface area contributed by atoms with Gasteiger partial charge in [-0.15, -0.1) is 6.42 Å². The fourth-order valence-corrected chi connectivity index (χ4v) is 1.50. The molecule has 0 heterocycles. The van der Waals surface area contributed by atoms with E-state index < -0.39 is 5.97 Å². The van der Waals surface area contributed by atoms with E-state index in [0.717, 1.165) is 0 Å². The fourth-order valence-electron chi connectivity index (χ4n) is 1.50. The van der Waals surface area contributed by atoms with Crippen molar-refractivity contribution in [3.05, 3.63) is 29.3 Å². The van der Waals surface area contributed by atoms with Gasteiger partial charge < -0.3 is 9.47 Å². The Bertz CT molecular complexity index is 467. The van der Waals surface area contributed by atoms with Crippen LogP contribution < -0.4 is 4.74 Å². The van der Waals surface area contributed by atoms with Crippen LogP contribution in [0.15, 0.2) is 18.2 Å². The monoisotopic (exact) mass is 230 g/mol. The molecule has 0 unspecified atom stereocenters. The average molecular weight is 230 g/mol. The summed E-state index contributed by atoms with van der Waals surface area (Å²) in [4.78, 5) is 11.4. The standard InChI is InChI=1S/C14H14O3/c1-3-10-6-12(14(15)16-2)8-13(7-10)17-9-11-4-5-11/h1,6-8,11H,4-5,9H2,2H3. The van der Waals surface area contributed by atoms with Crippen LogP contribution in [-0.2, 0) is 4.74 Å². The maximum Gasteiger partial charge on any atom is 0.338 e. The van der Waals surface area contributed by atoms with E-state index in [4.69, 9.17) is 11.2 Å². The van der Waals surface area contributed by atoms with E-state index in [1.165, 1.54) is 20.0 Å². The van der Waals surface area contributed by atoms with Crippen LogP contribution >= 0.6 is 0 Å². The van der Waals surface area contributed by atoms with Crippen LogP contribution in [0.25, 0.3) is 0 Å². The molecule has 0 aliphatic heterocycles. The normalized spacial score (nSPS) is 13.9. The predicted molar refractivity (Wildman–Crippen MR) is 63.9 cm³/mol. The molecule has 1 aliphatic carbocycles. The number of esters is 1. The summed E-state index contributed by atoms with van der Waals surface area (Å²) < 4.78 is 10.3. The zero-order valence-corrected chi connectivity index (χ0v) is 9.73. The molecule has 0 saturated heterocycles. The van der Waals surface area contributed by atoms with Gasteiger partial charge in [0.1, 0.15) is 5.75 Å². The second-order valence-corrected chi connectivity index (χ2v) is 4.14. The summed E-state index contributed by atoms with van der Waals surface area (Å²) in [5.41, 5.74) is 1.05. The number of methoxy groups -OCH3 is 1. The topological polar surface area (TPSA) is 35.5 Å². The van der Waals surface area contributed by atoms with Crippen LogP contribution in [-0.4, -0.2) is 19.7 Å². The Balaban J connectivity index is 2.18. The van der Waals surface area contributed by atoms with Crippen molar-refractivity contribution in [3.63, 3.8) is 0 Å². The Morgan fingerprint density at radius 1 is 1.47 bits per heavy atom. The molecule has 1 aromatic rings. The number of carbonyl (C=O) groups excluding carboxylic acids is 1. The smallest absolute Gasteiger partial charge is 0.338 e. The summed E-state index contributed by atoms with van der Waals surface area (Å²) in [5.74, 6) is 3.39. The molecule has 0 radical (unpaired) electrons. The maximum atomic E-state index is 11.4. The number of ether oxygens (including phenoxy) is 2. The molecule has 0 bridgehead atoms. The third-order valence-corrected chi connectivity index (χ3v) is 2.68. The van der Waals surface area contributed by atoms with Gasteiger partial charge in [-0.05, 0) is 37.0 Å². The lowest BCUT2D eigenvalue weighted by Gasteiger charge is -2.07. The summed E-state index contributed by atoms with van der Waals surface area (Å²) in [6.45, 7) is 0.689. The first-order chi connectivity index (χ1) is 8.22. The average Bonchev–Trinajstić information content (AvgIpc) is 3.19. The van der Waals surface area contributed by atoms with Crippen molar-refractivity contribution in [2.24, 2.45) is 5.92 Å². The molecule has 1 fully saturated rings. The van der Waals surface area contributed by atoms with Gasteiger partial charge in [-0.1, -0.05) is 5.92 Å². The molecule has 88 valence electrons. The molecular formula is C14H14O3. The van der Waals surface area contributed by atoms with E-state index in [1.807, 2.05) is 0 Å². The highest BCUT2D eigenvalue weighted by Gasteiger charge is 2.22. The summed E-state index contributed by atoms with van der Waals surface area (Å²) in [5, 5.41) is 0. The third-order valence-electron chi connectivity index (χ3n) is 2.68. The Morgan fingerprint density at radius 2 is 2.24 bits per heavy atom. The molecule has 0 atom stereocenters.